The van der Waals surface area contributed by atoms with Crippen molar-refractivity contribution in [1.82, 2.24) is 15.0 Å². The highest BCUT2D eigenvalue weighted by Gasteiger charge is 2.15. The molecular weight excluding hydrogens is 236 g/mol. The molecule has 2 aromatic rings. The number of rotatable bonds is 5. The van der Waals surface area contributed by atoms with Crippen LogP contribution in [-0.4, -0.2) is 21.5 Å². The van der Waals surface area contributed by atoms with E-state index in [0.717, 1.165) is 30.0 Å². The third-order valence-electron chi connectivity index (χ3n) is 2.96. The molecule has 2 rings (SSSR count). The minimum atomic E-state index is 0.365. The molecule has 0 amide bonds. The van der Waals surface area contributed by atoms with Crippen LogP contribution in [0.4, 0.5) is 5.82 Å². The molecule has 0 aliphatic carbocycles. The van der Waals surface area contributed by atoms with Crippen LogP contribution < -0.4 is 5.32 Å². The molecule has 0 aliphatic rings. The summed E-state index contributed by atoms with van der Waals surface area (Å²) in [7, 11) is 0. The summed E-state index contributed by atoms with van der Waals surface area (Å²) in [5.74, 6) is 1.31. The number of pyridine rings is 1. The molecule has 0 fully saturated rings. The second kappa shape index (κ2) is 6.27. The Morgan fingerprint density at radius 1 is 1.16 bits per heavy atom. The molecule has 1 N–H and O–H groups in total. The van der Waals surface area contributed by atoms with E-state index >= 15 is 0 Å². The molecule has 0 aliphatic heterocycles. The molecule has 0 unspecified atom stereocenters. The van der Waals surface area contributed by atoms with Crippen LogP contribution in [0.1, 0.15) is 38.7 Å². The van der Waals surface area contributed by atoms with Gasteiger partial charge in [-0.3, -0.25) is 4.98 Å². The maximum atomic E-state index is 4.46. The van der Waals surface area contributed by atoms with Crippen LogP contribution in [-0.2, 0) is 0 Å². The van der Waals surface area contributed by atoms with Gasteiger partial charge in [0, 0.05) is 30.1 Å². The first-order valence-electron chi connectivity index (χ1n) is 6.73. The molecule has 0 radical (unpaired) electrons. The maximum Gasteiger partial charge on any atom is 0.133 e. The van der Waals surface area contributed by atoms with Gasteiger partial charge < -0.3 is 5.32 Å². The molecular formula is C15H20N4. The number of nitrogens with one attached hydrogen (secondary N) is 1. The lowest BCUT2D eigenvalue weighted by Gasteiger charge is -2.16. The van der Waals surface area contributed by atoms with Gasteiger partial charge in [0.1, 0.15) is 12.1 Å². The summed E-state index contributed by atoms with van der Waals surface area (Å²) >= 11 is 0. The second-order valence-corrected chi connectivity index (χ2v) is 4.80. The van der Waals surface area contributed by atoms with Crippen LogP contribution in [0.2, 0.25) is 0 Å². The standard InChI is InChI=1S/C15H20N4/c1-4-7-17-15-13(11(2)3)14(18-10-19-15)12-5-8-16-9-6-12/h5-6,8-11H,4,7H2,1-3H3,(H,17,18,19). The van der Waals surface area contributed by atoms with Crippen molar-refractivity contribution >= 4 is 5.82 Å². The SMILES string of the molecule is CCCNc1ncnc(-c2ccncc2)c1C(C)C. The highest BCUT2D eigenvalue weighted by Crippen LogP contribution is 2.31. The van der Waals surface area contributed by atoms with Crippen LogP contribution in [0.3, 0.4) is 0 Å². The molecule has 2 heterocycles. The second-order valence-electron chi connectivity index (χ2n) is 4.80. The summed E-state index contributed by atoms with van der Waals surface area (Å²) in [5.41, 5.74) is 3.24. The molecule has 4 heteroatoms. The smallest absolute Gasteiger partial charge is 0.133 e. The van der Waals surface area contributed by atoms with Crippen LogP contribution in [0.5, 0.6) is 0 Å². The normalized spacial score (nSPS) is 10.7. The Morgan fingerprint density at radius 3 is 2.53 bits per heavy atom. The number of nitrogens with zero attached hydrogens (tertiary/aromatic N) is 3. The first kappa shape index (κ1) is 13.5. The quantitative estimate of drug-likeness (QED) is 0.889. The van der Waals surface area contributed by atoms with Gasteiger partial charge in [0.15, 0.2) is 0 Å². The number of hydrogen-bond acceptors (Lipinski definition) is 4. The first-order chi connectivity index (χ1) is 9.24. The molecule has 0 saturated carbocycles. The molecule has 19 heavy (non-hydrogen) atoms. The lowest BCUT2D eigenvalue weighted by atomic mass is 9.98. The molecule has 4 nitrogen and oxygen atoms in total. The van der Waals surface area contributed by atoms with Crippen molar-refractivity contribution in [2.45, 2.75) is 33.1 Å². The zero-order valence-electron chi connectivity index (χ0n) is 11.7. The van der Waals surface area contributed by atoms with Crippen molar-refractivity contribution in [3.63, 3.8) is 0 Å². The predicted octanol–water partition coefficient (Wildman–Crippen LogP) is 3.48. The molecule has 0 bridgehead atoms. The average molecular weight is 256 g/mol. The Bertz CT molecular complexity index is 523. The third-order valence-corrected chi connectivity index (χ3v) is 2.96. The molecule has 0 atom stereocenters. The predicted molar refractivity (Wildman–Crippen MR) is 78.1 cm³/mol. The average Bonchev–Trinajstić information content (AvgIpc) is 2.45. The first-order valence-corrected chi connectivity index (χ1v) is 6.73. The molecule has 0 saturated heterocycles. The van der Waals surface area contributed by atoms with Crippen molar-refractivity contribution < 1.29 is 0 Å². The summed E-state index contributed by atoms with van der Waals surface area (Å²) in [6.45, 7) is 7.40. The molecule has 0 spiro atoms. The van der Waals surface area contributed by atoms with E-state index in [1.54, 1.807) is 18.7 Å². The van der Waals surface area contributed by atoms with E-state index in [4.69, 9.17) is 0 Å². The van der Waals surface area contributed by atoms with E-state index < -0.39 is 0 Å². The van der Waals surface area contributed by atoms with Gasteiger partial charge in [0.2, 0.25) is 0 Å². The minimum Gasteiger partial charge on any atom is -0.370 e. The summed E-state index contributed by atoms with van der Waals surface area (Å²) in [6.07, 6.45) is 6.28. The summed E-state index contributed by atoms with van der Waals surface area (Å²) in [6, 6.07) is 3.97. The Kier molecular flexibility index (Phi) is 4.44. The highest BCUT2D eigenvalue weighted by atomic mass is 15.0. The zero-order chi connectivity index (χ0) is 13.7. The number of hydrogen-bond donors (Lipinski definition) is 1. The third kappa shape index (κ3) is 3.08. The van der Waals surface area contributed by atoms with E-state index in [2.05, 4.69) is 41.0 Å². The van der Waals surface area contributed by atoms with Crippen molar-refractivity contribution in [2.75, 3.05) is 11.9 Å². The van der Waals surface area contributed by atoms with E-state index in [0.29, 0.717) is 5.92 Å². The highest BCUT2D eigenvalue weighted by molar-refractivity contribution is 5.68. The molecule has 100 valence electrons. The Labute approximate surface area is 114 Å². The maximum absolute atomic E-state index is 4.46. The lowest BCUT2D eigenvalue weighted by Crippen LogP contribution is -2.08. The van der Waals surface area contributed by atoms with E-state index in [1.807, 2.05) is 12.1 Å². The Hall–Kier alpha value is -1.97. The van der Waals surface area contributed by atoms with Gasteiger partial charge in [-0.2, -0.15) is 0 Å². The van der Waals surface area contributed by atoms with Gasteiger partial charge in [-0.1, -0.05) is 20.8 Å². The Balaban J connectivity index is 2.49. The van der Waals surface area contributed by atoms with E-state index in [-0.39, 0.29) is 0 Å². The van der Waals surface area contributed by atoms with Gasteiger partial charge in [-0.25, -0.2) is 9.97 Å². The van der Waals surface area contributed by atoms with Gasteiger partial charge in [-0.15, -0.1) is 0 Å². The number of anilines is 1. The monoisotopic (exact) mass is 256 g/mol. The van der Waals surface area contributed by atoms with Gasteiger partial charge in [0.25, 0.3) is 0 Å². The molecule has 2 aromatic heterocycles. The fraction of sp³-hybridized carbons (Fsp3) is 0.400. The van der Waals surface area contributed by atoms with Crippen molar-refractivity contribution in [3.8, 4) is 11.3 Å². The van der Waals surface area contributed by atoms with Crippen molar-refractivity contribution in [1.29, 1.82) is 0 Å². The van der Waals surface area contributed by atoms with E-state index in [1.165, 1.54) is 5.56 Å². The van der Waals surface area contributed by atoms with E-state index in [9.17, 15) is 0 Å². The zero-order valence-corrected chi connectivity index (χ0v) is 11.7. The fourth-order valence-electron chi connectivity index (χ4n) is 2.07. The topological polar surface area (TPSA) is 50.7 Å². The summed E-state index contributed by atoms with van der Waals surface area (Å²) < 4.78 is 0. The minimum absolute atomic E-state index is 0.365. The van der Waals surface area contributed by atoms with Crippen LogP contribution in [0.15, 0.2) is 30.9 Å². The van der Waals surface area contributed by atoms with Crippen LogP contribution in [0, 0.1) is 0 Å². The van der Waals surface area contributed by atoms with Crippen LogP contribution in [0.25, 0.3) is 11.3 Å². The number of aromatic nitrogens is 3. The lowest BCUT2D eigenvalue weighted by molar-refractivity contribution is 0.844. The van der Waals surface area contributed by atoms with Crippen molar-refractivity contribution in [2.24, 2.45) is 0 Å². The van der Waals surface area contributed by atoms with Crippen LogP contribution >= 0.6 is 0 Å². The Morgan fingerprint density at radius 2 is 1.89 bits per heavy atom. The van der Waals surface area contributed by atoms with Gasteiger partial charge >= 0.3 is 0 Å². The fourth-order valence-corrected chi connectivity index (χ4v) is 2.07. The van der Waals surface area contributed by atoms with Crippen molar-refractivity contribution in [3.05, 3.63) is 36.4 Å². The van der Waals surface area contributed by atoms with Gasteiger partial charge in [-0.05, 0) is 24.5 Å². The van der Waals surface area contributed by atoms with Gasteiger partial charge in [0.05, 0.1) is 5.69 Å². The largest absolute Gasteiger partial charge is 0.370 e. The molecule has 0 aromatic carbocycles. The summed E-state index contributed by atoms with van der Waals surface area (Å²) in [4.78, 5) is 12.9. The summed E-state index contributed by atoms with van der Waals surface area (Å²) in [5, 5.41) is 3.39.